The summed E-state index contributed by atoms with van der Waals surface area (Å²) in [4.78, 5) is 4.01. The molecule has 0 radical (unpaired) electrons. The van der Waals surface area contributed by atoms with Gasteiger partial charge < -0.3 is 10.5 Å². The van der Waals surface area contributed by atoms with E-state index < -0.39 is 13.0 Å². The zero-order valence-electron chi connectivity index (χ0n) is 9.29. The predicted octanol–water partition coefficient (Wildman–Crippen LogP) is 2.87. The maximum Gasteiger partial charge on any atom is 0.272 e. The average molecular weight is 263 g/mol. The van der Waals surface area contributed by atoms with Crippen LogP contribution in [0.1, 0.15) is 5.56 Å². The molecule has 1 aromatic rings. The molecule has 0 atom stereocenters. The molecule has 0 heterocycles. The molecule has 0 aliphatic heterocycles. The molecule has 1 rings (SSSR count). The molecule has 0 aromatic heterocycles. The molecular formula is C11H13ClF2N2O. The van der Waals surface area contributed by atoms with Crippen LogP contribution in [0.3, 0.4) is 0 Å². The fraction of sp³-hybridized carbons (Fsp3) is 0.364. The lowest BCUT2D eigenvalue weighted by Gasteiger charge is -2.09. The SMILES string of the molecule is Cc1ccc(OCC(F)F)c(N=C(N)CCl)c1. The standard InChI is InChI=1S/C11H13ClF2N2O/c1-7-2-3-9(17-6-10(13)14)8(4-7)16-11(15)5-12/h2-4,10H,5-6H2,1H3,(H2,15,16). The normalized spacial score (nSPS) is 11.9. The van der Waals surface area contributed by atoms with Gasteiger partial charge in [-0.3, -0.25) is 0 Å². The Kier molecular flexibility index (Phi) is 5.15. The Morgan fingerprint density at radius 1 is 1.53 bits per heavy atom. The number of amidine groups is 1. The van der Waals surface area contributed by atoms with Crippen LogP contribution >= 0.6 is 11.6 Å². The Bertz CT molecular complexity index is 410. The number of hydrogen-bond acceptors (Lipinski definition) is 2. The van der Waals surface area contributed by atoms with Crippen molar-refractivity contribution >= 4 is 23.1 Å². The molecule has 6 heteroatoms. The van der Waals surface area contributed by atoms with Gasteiger partial charge in [-0.1, -0.05) is 6.07 Å². The topological polar surface area (TPSA) is 47.6 Å². The number of nitrogens with two attached hydrogens (primary N) is 1. The number of nitrogens with zero attached hydrogens (tertiary/aromatic N) is 1. The number of halogens is 3. The molecule has 0 saturated carbocycles. The molecule has 0 bridgehead atoms. The Hall–Kier alpha value is -1.36. The first-order valence-corrected chi connectivity index (χ1v) is 5.47. The molecule has 0 amide bonds. The van der Waals surface area contributed by atoms with Crippen LogP contribution in [0.4, 0.5) is 14.5 Å². The maximum atomic E-state index is 12.1. The van der Waals surface area contributed by atoms with Gasteiger partial charge in [0, 0.05) is 0 Å². The Morgan fingerprint density at radius 2 is 2.24 bits per heavy atom. The smallest absolute Gasteiger partial charge is 0.272 e. The highest BCUT2D eigenvalue weighted by atomic mass is 35.5. The maximum absolute atomic E-state index is 12.1. The summed E-state index contributed by atoms with van der Waals surface area (Å²) in [6.45, 7) is 1.18. The van der Waals surface area contributed by atoms with E-state index >= 15 is 0 Å². The first-order valence-electron chi connectivity index (χ1n) is 4.93. The van der Waals surface area contributed by atoms with E-state index in [0.29, 0.717) is 5.69 Å². The fourth-order valence-electron chi connectivity index (χ4n) is 1.17. The Morgan fingerprint density at radius 3 is 2.82 bits per heavy atom. The van der Waals surface area contributed by atoms with Crippen molar-refractivity contribution in [1.29, 1.82) is 0 Å². The van der Waals surface area contributed by atoms with E-state index in [9.17, 15) is 8.78 Å². The third-order valence-electron chi connectivity index (χ3n) is 1.88. The molecule has 0 unspecified atom stereocenters. The van der Waals surface area contributed by atoms with E-state index in [1.807, 2.05) is 6.92 Å². The zero-order chi connectivity index (χ0) is 12.8. The van der Waals surface area contributed by atoms with Crippen molar-refractivity contribution in [2.75, 3.05) is 12.5 Å². The van der Waals surface area contributed by atoms with Crippen LogP contribution in [0, 0.1) is 6.92 Å². The van der Waals surface area contributed by atoms with Crippen LogP contribution < -0.4 is 10.5 Å². The number of benzene rings is 1. The first-order chi connectivity index (χ1) is 8.02. The Labute approximate surface area is 103 Å². The van der Waals surface area contributed by atoms with Crippen molar-refractivity contribution in [3.63, 3.8) is 0 Å². The van der Waals surface area contributed by atoms with E-state index in [-0.39, 0.29) is 17.5 Å². The van der Waals surface area contributed by atoms with Gasteiger partial charge in [0.1, 0.15) is 23.9 Å². The van der Waals surface area contributed by atoms with Gasteiger partial charge in [-0.05, 0) is 24.6 Å². The number of rotatable bonds is 5. The second-order valence-corrected chi connectivity index (χ2v) is 3.68. The van der Waals surface area contributed by atoms with Crippen molar-refractivity contribution in [3.05, 3.63) is 23.8 Å². The minimum absolute atomic E-state index is 0.0717. The third kappa shape index (κ3) is 4.56. The fourth-order valence-corrected chi connectivity index (χ4v) is 1.23. The highest BCUT2D eigenvalue weighted by Crippen LogP contribution is 2.29. The minimum atomic E-state index is -2.53. The molecule has 0 aliphatic rings. The quantitative estimate of drug-likeness (QED) is 0.504. The second-order valence-electron chi connectivity index (χ2n) is 3.41. The van der Waals surface area contributed by atoms with Crippen molar-refractivity contribution in [3.8, 4) is 5.75 Å². The molecule has 94 valence electrons. The van der Waals surface area contributed by atoms with Gasteiger partial charge in [0.05, 0.1) is 5.88 Å². The molecule has 3 nitrogen and oxygen atoms in total. The third-order valence-corrected chi connectivity index (χ3v) is 2.15. The summed E-state index contributed by atoms with van der Waals surface area (Å²) >= 11 is 5.50. The van der Waals surface area contributed by atoms with Gasteiger partial charge >= 0.3 is 0 Å². The van der Waals surface area contributed by atoms with Crippen LogP contribution in [0.5, 0.6) is 5.75 Å². The van der Waals surface area contributed by atoms with Gasteiger partial charge in [-0.25, -0.2) is 13.8 Å². The number of aliphatic imine (C=N–C) groups is 1. The summed E-state index contributed by atoms with van der Waals surface area (Å²) in [6.07, 6.45) is -2.53. The van der Waals surface area contributed by atoms with Crippen LogP contribution in [0.2, 0.25) is 0 Å². The van der Waals surface area contributed by atoms with Crippen molar-refractivity contribution in [1.82, 2.24) is 0 Å². The summed E-state index contributed by atoms with van der Waals surface area (Å²) < 4.78 is 29.1. The molecule has 17 heavy (non-hydrogen) atoms. The highest BCUT2D eigenvalue weighted by Gasteiger charge is 2.08. The van der Waals surface area contributed by atoms with Crippen LogP contribution in [-0.2, 0) is 0 Å². The zero-order valence-corrected chi connectivity index (χ0v) is 10.0. The summed E-state index contributed by atoms with van der Waals surface area (Å²) in [5.41, 5.74) is 6.83. The number of alkyl halides is 3. The lowest BCUT2D eigenvalue weighted by atomic mass is 10.2. The van der Waals surface area contributed by atoms with Crippen LogP contribution in [0.15, 0.2) is 23.2 Å². The van der Waals surface area contributed by atoms with E-state index in [1.54, 1.807) is 18.2 Å². The molecule has 1 aromatic carbocycles. The summed E-state index contributed by atoms with van der Waals surface area (Å²) in [6, 6.07) is 5.02. The average Bonchev–Trinajstić information content (AvgIpc) is 2.27. The Balaban J connectivity index is 2.95. The first kappa shape index (κ1) is 13.7. The van der Waals surface area contributed by atoms with Gasteiger partial charge in [0.15, 0.2) is 0 Å². The van der Waals surface area contributed by atoms with Crippen LogP contribution in [-0.4, -0.2) is 24.7 Å². The second kappa shape index (κ2) is 6.39. The molecule has 2 N–H and O–H groups in total. The van der Waals surface area contributed by atoms with Crippen molar-refractivity contribution in [2.24, 2.45) is 10.7 Å². The van der Waals surface area contributed by atoms with E-state index in [2.05, 4.69) is 4.99 Å². The summed E-state index contributed by atoms with van der Waals surface area (Å²) in [5.74, 6) is 0.547. The molecule has 0 fully saturated rings. The number of ether oxygens (including phenoxy) is 1. The highest BCUT2D eigenvalue weighted by molar-refractivity contribution is 6.28. The lowest BCUT2D eigenvalue weighted by Crippen LogP contribution is -2.12. The van der Waals surface area contributed by atoms with Crippen molar-refractivity contribution in [2.45, 2.75) is 13.3 Å². The number of aryl methyl sites for hydroxylation is 1. The van der Waals surface area contributed by atoms with Crippen molar-refractivity contribution < 1.29 is 13.5 Å². The predicted molar refractivity (Wildman–Crippen MR) is 64.7 cm³/mol. The van der Waals surface area contributed by atoms with Gasteiger partial charge in [0.2, 0.25) is 0 Å². The van der Waals surface area contributed by atoms with Crippen LogP contribution in [0.25, 0.3) is 0 Å². The van der Waals surface area contributed by atoms with Gasteiger partial charge in [0.25, 0.3) is 6.43 Å². The lowest BCUT2D eigenvalue weighted by molar-refractivity contribution is 0.0822. The van der Waals surface area contributed by atoms with Gasteiger partial charge in [-0.15, -0.1) is 11.6 Å². The summed E-state index contributed by atoms with van der Waals surface area (Å²) in [7, 11) is 0. The molecular weight excluding hydrogens is 250 g/mol. The summed E-state index contributed by atoms with van der Waals surface area (Å²) in [5, 5.41) is 0. The van der Waals surface area contributed by atoms with E-state index in [0.717, 1.165) is 5.56 Å². The molecule has 0 spiro atoms. The molecule has 0 aliphatic carbocycles. The number of hydrogen-bond donors (Lipinski definition) is 1. The van der Waals surface area contributed by atoms with Gasteiger partial charge in [-0.2, -0.15) is 0 Å². The monoisotopic (exact) mass is 262 g/mol. The largest absolute Gasteiger partial charge is 0.485 e. The van der Waals surface area contributed by atoms with E-state index in [4.69, 9.17) is 22.1 Å². The molecule has 0 saturated heterocycles. The minimum Gasteiger partial charge on any atom is -0.485 e. The van der Waals surface area contributed by atoms with E-state index in [1.165, 1.54) is 0 Å².